The maximum atomic E-state index is 11.9. The van der Waals surface area contributed by atoms with Gasteiger partial charge in [-0.15, -0.1) is 6.58 Å². The van der Waals surface area contributed by atoms with Crippen molar-refractivity contribution in [1.82, 2.24) is 14.9 Å². The van der Waals surface area contributed by atoms with Crippen LogP contribution in [-0.4, -0.2) is 27.1 Å². The van der Waals surface area contributed by atoms with Crippen molar-refractivity contribution in [3.63, 3.8) is 0 Å². The number of aliphatic hydroxyl groups is 1. The predicted octanol–water partition coefficient (Wildman–Crippen LogP) is 2.73. The van der Waals surface area contributed by atoms with Crippen molar-refractivity contribution < 1.29 is 9.90 Å². The van der Waals surface area contributed by atoms with E-state index in [0.29, 0.717) is 17.4 Å². The van der Waals surface area contributed by atoms with Gasteiger partial charge in [-0.25, -0.2) is 4.98 Å². The van der Waals surface area contributed by atoms with E-state index in [2.05, 4.69) is 32.8 Å². The molecule has 0 aliphatic rings. The number of rotatable bonds is 8. The third-order valence-electron chi connectivity index (χ3n) is 3.09. The van der Waals surface area contributed by atoms with E-state index in [9.17, 15) is 9.90 Å². The molecule has 1 aromatic carbocycles. The number of halogens is 1. The summed E-state index contributed by atoms with van der Waals surface area (Å²) in [5.41, 5.74) is 1.78. The number of hydrogen-bond donors (Lipinski definition) is 2. The minimum Gasteiger partial charge on any atom is -0.390 e. The summed E-state index contributed by atoms with van der Waals surface area (Å²) < 4.78 is 2.77. The average molecular weight is 396 g/mol. The minimum atomic E-state index is -0.152. The molecule has 0 saturated carbocycles. The zero-order chi connectivity index (χ0) is 16.7. The number of hydrogen-bond acceptors (Lipinski definition) is 4. The van der Waals surface area contributed by atoms with Crippen LogP contribution in [0.2, 0.25) is 0 Å². The Morgan fingerprint density at radius 1 is 1.43 bits per heavy atom. The molecular weight excluding hydrogens is 378 g/mol. The molecule has 5 nitrogen and oxygen atoms in total. The van der Waals surface area contributed by atoms with Crippen LogP contribution in [0.3, 0.4) is 0 Å². The van der Waals surface area contributed by atoms with Crippen LogP contribution in [0.5, 0.6) is 0 Å². The van der Waals surface area contributed by atoms with Crippen LogP contribution >= 0.6 is 27.7 Å². The second kappa shape index (κ2) is 8.90. The fourth-order valence-corrected chi connectivity index (χ4v) is 3.13. The quantitative estimate of drug-likeness (QED) is 0.532. The highest BCUT2D eigenvalue weighted by Crippen LogP contribution is 2.24. The van der Waals surface area contributed by atoms with E-state index < -0.39 is 0 Å². The molecule has 1 aromatic heterocycles. The Hall–Kier alpha value is -1.57. The van der Waals surface area contributed by atoms with Crippen molar-refractivity contribution in [3.05, 3.63) is 58.8 Å². The van der Waals surface area contributed by atoms with Gasteiger partial charge in [-0.3, -0.25) is 4.79 Å². The molecule has 0 fully saturated rings. The molecule has 0 aliphatic carbocycles. The van der Waals surface area contributed by atoms with Gasteiger partial charge in [0.2, 0.25) is 5.91 Å². The Morgan fingerprint density at radius 3 is 2.83 bits per heavy atom. The van der Waals surface area contributed by atoms with Gasteiger partial charge >= 0.3 is 0 Å². The van der Waals surface area contributed by atoms with Crippen LogP contribution in [0, 0.1) is 0 Å². The number of aromatic nitrogens is 2. The molecule has 0 saturated heterocycles. The Kier molecular flexibility index (Phi) is 6.88. The molecular formula is C16H18BrN3O2S. The van der Waals surface area contributed by atoms with Crippen molar-refractivity contribution in [3.8, 4) is 0 Å². The highest BCUT2D eigenvalue weighted by Gasteiger charge is 2.13. The summed E-state index contributed by atoms with van der Waals surface area (Å²) in [6, 6.07) is 8.05. The van der Waals surface area contributed by atoms with E-state index in [1.54, 1.807) is 16.8 Å². The van der Waals surface area contributed by atoms with Crippen LogP contribution in [-0.2, 0) is 23.7 Å². The molecule has 0 unspecified atom stereocenters. The van der Waals surface area contributed by atoms with Crippen LogP contribution < -0.4 is 5.32 Å². The monoisotopic (exact) mass is 395 g/mol. The first-order valence-corrected chi connectivity index (χ1v) is 8.82. The number of carbonyl (C=O) groups is 1. The predicted molar refractivity (Wildman–Crippen MR) is 95.1 cm³/mol. The lowest BCUT2D eigenvalue weighted by atomic mass is 10.2. The molecule has 1 heterocycles. The van der Waals surface area contributed by atoms with Gasteiger partial charge in [0.25, 0.3) is 0 Å². The minimum absolute atomic E-state index is 0.131. The molecule has 0 bridgehead atoms. The number of imidazole rings is 1. The molecule has 0 atom stereocenters. The molecule has 0 aliphatic heterocycles. The van der Waals surface area contributed by atoms with Gasteiger partial charge < -0.3 is 15.0 Å². The summed E-state index contributed by atoms with van der Waals surface area (Å²) in [6.07, 6.45) is 3.23. The third kappa shape index (κ3) is 5.23. The van der Waals surface area contributed by atoms with Crippen molar-refractivity contribution in [2.45, 2.75) is 24.1 Å². The first kappa shape index (κ1) is 17.8. The van der Waals surface area contributed by atoms with Crippen LogP contribution in [0.15, 0.2) is 52.7 Å². The number of nitrogens with one attached hydrogen (secondary N) is 1. The Morgan fingerprint density at radius 2 is 2.17 bits per heavy atom. The van der Waals surface area contributed by atoms with E-state index in [1.807, 2.05) is 24.3 Å². The van der Waals surface area contributed by atoms with E-state index in [4.69, 9.17) is 0 Å². The van der Waals surface area contributed by atoms with Crippen molar-refractivity contribution in [2.24, 2.45) is 0 Å². The smallest absolute Gasteiger partial charge is 0.240 e. The molecule has 23 heavy (non-hydrogen) atoms. The molecule has 0 radical (unpaired) electrons. The van der Waals surface area contributed by atoms with Gasteiger partial charge in [-0.1, -0.05) is 45.9 Å². The Balaban J connectivity index is 2.06. The van der Waals surface area contributed by atoms with Gasteiger partial charge in [0.05, 0.1) is 18.5 Å². The summed E-state index contributed by atoms with van der Waals surface area (Å²) in [4.78, 5) is 16.2. The van der Waals surface area contributed by atoms with Gasteiger partial charge in [0, 0.05) is 16.8 Å². The number of nitrogens with zero attached hydrogens (tertiary/aromatic N) is 2. The average Bonchev–Trinajstić information content (AvgIpc) is 2.94. The second-order valence-corrected chi connectivity index (χ2v) is 6.64. The maximum Gasteiger partial charge on any atom is 0.240 e. The zero-order valence-electron chi connectivity index (χ0n) is 12.5. The lowest BCUT2D eigenvalue weighted by Gasteiger charge is -2.10. The van der Waals surface area contributed by atoms with E-state index in [0.717, 1.165) is 15.8 Å². The number of amides is 1. The summed E-state index contributed by atoms with van der Waals surface area (Å²) in [5, 5.41) is 12.9. The molecule has 1 amide bonds. The van der Waals surface area contributed by atoms with E-state index in [1.165, 1.54) is 11.8 Å². The van der Waals surface area contributed by atoms with Gasteiger partial charge in [0.1, 0.15) is 6.54 Å². The molecule has 2 aromatic rings. The maximum absolute atomic E-state index is 11.9. The van der Waals surface area contributed by atoms with E-state index >= 15 is 0 Å². The molecule has 2 N–H and O–H groups in total. The highest BCUT2D eigenvalue weighted by atomic mass is 79.9. The number of benzene rings is 1. The van der Waals surface area contributed by atoms with Gasteiger partial charge in [-0.2, -0.15) is 0 Å². The van der Waals surface area contributed by atoms with Gasteiger partial charge in [-0.05, 0) is 17.7 Å². The lowest BCUT2D eigenvalue weighted by Crippen LogP contribution is -2.28. The Bertz CT molecular complexity index is 670. The van der Waals surface area contributed by atoms with Crippen LogP contribution in [0.1, 0.15) is 11.3 Å². The fraction of sp³-hybridized carbons (Fsp3) is 0.250. The SMILES string of the molecule is C=CCNC(=O)Cn1c(CO)cnc1SCc1ccc(Br)cc1. The first-order valence-electron chi connectivity index (χ1n) is 7.04. The summed E-state index contributed by atoms with van der Waals surface area (Å²) in [6.45, 7) is 3.97. The number of aliphatic hydroxyl groups excluding tert-OH is 1. The first-order chi connectivity index (χ1) is 11.1. The standard InChI is InChI=1S/C16H18BrN3O2S/c1-2-7-18-15(22)9-20-14(10-21)8-19-16(20)23-11-12-3-5-13(17)6-4-12/h2-6,8,21H,1,7,9-11H2,(H,18,22). The van der Waals surface area contributed by atoms with Crippen LogP contribution in [0.4, 0.5) is 0 Å². The fourth-order valence-electron chi connectivity index (χ4n) is 1.92. The number of carbonyl (C=O) groups excluding carboxylic acids is 1. The van der Waals surface area contributed by atoms with E-state index in [-0.39, 0.29) is 19.1 Å². The molecule has 7 heteroatoms. The summed E-state index contributed by atoms with van der Waals surface area (Å²) in [5.74, 6) is 0.603. The Labute approximate surface area is 147 Å². The van der Waals surface area contributed by atoms with Crippen molar-refractivity contribution in [2.75, 3.05) is 6.54 Å². The summed E-state index contributed by atoms with van der Waals surface area (Å²) in [7, 11) is 0. The van der Waals surface area contributed by atoms with Crippen LogP contribution in [0.25, 0.3) is 0 Å². The largest absolute Gasteiger partial charge is 0.390 e. The molecule has 2 rings (SSSR count). The summed E-state index contributed by atoms with van der Waals surface area (Å²) >= 11 is 4.94. The highest BCUT2D eigenvalue weighted by molar-refractivity contribution is 9.10. The topological polar surface area (TPSA) is 67.2 Å². The normalized spacial score (nSPS) is 10.5. The molecule has 122 valence electrons. The van der Waals surface area contributed by atoms with Crippen molar-refractivity contribution >= 4 is 33.6 Å². The second-order valence-electron chi connectivity index (χ2n) is 4.78. The number of thioether (sulfide) groups is 1. The van der Waals surface area contributed by atoms with Crippen molar-refractivity contribution in [1.29, 1.82) is 0 Å². The third-order valence-corrected chi connectivity index (χ3v) is 4.68. The molecule has 0 spiro atoms. The zero-order valence-corrected chi connectivity index (χ0v) is 14.9. The lowest BCUT2D eigenvalue weighted by molar-refractivity contribution is -0.121. The van der Waals surface area contributed by atoms with Gasteiger partial charge in [0.15, 0.2) is 5.16 Å².